The van der Waals surface area contributed by atoms with Crippen LogP contribution in [0, 0.1) is 0 Å². The summed E-state index contributed by atoms with van der Waals surface area (Å²) in [6, 6.07) is 0. The minimum absolute atomic E-state index is 1.34. The number of hydrogen-bond acceptors (Lipinski definition) is 4. The monoisotopic (exact) mass is 104 g/mol. The van der Waals surface area contributed by atoms with Crippen molar-refractivity contribution in [1.29, 1.82) is 0 Å². The largest absolute Gasteiger partial charge is 0.242 e. The lowest BCUT2D eigenvalue weighted by Gasteiger charge is -1.95. The molecule has 4 nitrogen and oxygen atoms in total. The normalized spacial score (nSPS) is 8.14. The maximum absolute atomic E-state index is 4.15. The SMILES string of the molecule is C=CNOONC. The third-order valence-corrected chi connectivity index (χ3v) is 0.256. The van der Waals surface area contributed by atoms with Crippen LogP contribution in [0.2, 0.25) is 0 Å². The molecule has 7 heavy (non-hydrogen) atoms. The van der Waals surface area contributed by atoms with Gasteiger partial charge in [0.15, 0.2) is 0 Å². The Bertz CT molecular complexity index is 48.2. The van der Waals surface area contributed by atoms with Gasteiger partial charge in [-0.3, -0.25) is 0 Å². The Hall–Kier alpha value is -0.580. The first-order chi connectivity index (χ1) is 3.41. The van der Waals surface area contributed by atoms with E-state index >= 15 is 0 Å². The van der Waals surface area contributed by atoms with E-state index < -0.39 is 0 Å². The first kappa shape index (κ1) is 6.42. The van der Waals surface area contributed by atoms with Crippen molar-refractivity contribution in [1.82, 2.24) is 11.0 Å². The third-order valence-electron chi connectivity index (χ3n) is 0.256. The lowest BCUT2D eigenvalue weighted by atomic mass is 11.1. The maximum Gasteiger partial charge on any atom is 0.0201 e. The lowest BCUT2D eigenvalue weighted by Crippen LogP contribution is -2.14. The molecule has 0 aromatic heterocycles. The molecular formula is C3H8N2O2. The highest BCUT2D eigenvalue weighted by atomic mass is 17.3. The van der Waals surface area contributed by atoms with Gasteiger partial charge in [-0.1, -0.05) is 11.6 Å². The Morgan fingerprint density at radius 2 is 2.29 bits per heavy atom. The van der Waals surface area contributed by atoms with Gasteiger partial charge in [0, 0.05) is 13.2 Å². The Balaban J connectivity index is 2.56. The molecule has 0 radical (unpaired) electrons. The van der Waals surface area contributed by atoms with Crippen molar-refractivity contribution in [3.63, 3.8) is 0 Å². The van der Waals surface area contributed by atoms with E-state index in [2.05, 4.69) is 27.5 Å². The molecule has 0 spiro atoms. The van der Waals surface area contributed by atoms with Crippen molar-refractivity contribution in [3.8, 4) is 0 Å². The first-order valence-electron chi connectivity index (χ1n) is 1.77. The summed E-state index contributed by atoms with van der Waals surface area (Å²) in [5.41, 5.74) is 4.50. The van der Waals surface area contributed by atoms with Gasteiger partial charge in [0.05, 0.1) is 0 Å². The van der Waals surface area contributed by atoms with Crippen molar-refractivity contribution < 1.29 is 9.98 Å². The summed E-state index contributed by atoms with van der Waals surface area (Å²) in [6.07, 6.45) is 1.34. The van der Waals surface area contributed by atoms with Crippen LogP contribution < -0.4 is 11.0 Å². The van der Waals surface area contributed by atoms with Crippen LogP contribution in [0.15, 0.2) is 12.8 Å². The van der Waals surface area contributed by atoms with Gasteiger partial charge in [0.2, 0.25) is 0 Å². The standard InChI is InChI=1S/C3H8N2O2/c1-3-5-7-6-4-2/h3-5H,1H2,2H3. The van der Waals surface area contributed by atoms with Gasteiger partial charge in [-0.2, -0.15) is 5.48 Å². The molecule has 0 bridgehead atoms. The van der Waals surface area contributed by atoms with E-state index in [0.29, 0.717) is 0 Å². The molecule has 0 aromatic rings. The van der Waals surface area contributed by atoms with Crippen LogP contribution in [-0.2, 0) is 9.98 Å². The fourth-order valence-corrected chi connectivity index (χ4v) is 0.0997. The Labute approximate surface area is 41.9 Å². The molecule has 4 heteroatoms. The minimum Gasteiger partial charge on any atom is -0.242 e. The van der Waals surface area contributed by atoms with E-state index in [1.54, 1.807) is 7.05 Å². The molecular weight excluding hydrogens is 96.0 g/mol. The molecule has 0 unspecified atom stereocenters. The molecule has 0 aliphatic rings. The summed E-state index contributed by atoms with van der Waals surface area (Å²) < 4.78 is 0. The average molecular weight is 104 g/mol. The predicted molar refractivity (Wildman–Crippen MR) is 24.6 cm³/mol. The molecule has 0 saturated heterocycles. The summed E-state index contributed by atoms with van der Waals surface area (Å²) in [7, 11) is 1.57. The molecule has 0 fully saturated rings. The number of rotatable bonds is 4. The van der Waals surface area contributed by atoms with Crippen molar-refractivity contribution in [2.24, 2.45) is 0 Å². The second-order valence-corrected chi connectivity index (χ2v) is 0.693. The Morgan fingerprint density at radius 3 is 2.71 bits per heavy atom. The van der Waals surface area contributed by atoms with Crippen LogP contribution in [0.1, 0.15) is 0 Å². The van der Waals surface area contributed by atoms with Crippen molar-refractivity contribution in [2.45, 2.75) is 0 Å². The highest BCUT2D eigenvalue weighted by Crippen LogP contribution is 1.59. The van der Waals surface area contributed by atoms with E-state index in [1.807, 2.05) is 0 Å². The summed E-state index contributed by atoms with van der Waals surface area (Å²) in [6.45, 7) is 3.29. The van der Waals surface area contributed by atoms with Gasteiger partial charge in [-0.15, -0.1) is 4.99 Å². The van der Waals surface area contributed by atoms with Crippen LogP contribution in [-0.4, -0.2) is 7.05 Å². The quantitative estimate of drug-likeness (QED) is 0.292. The zero-order valence-electron chi connectivity index (χ0n) is 4.10. The fourth-order valence-electron chi connectivity index (χ4n) is 0.0997. The van der Waals surface area contributed by atoms with E-state index in [-0.39, 0.29) is 0 Å². The highest BCUT2D eigenvalue weighted by molar-refractivity contribution is 4.51. The summed E-state index contributed by atoms with van der Waals surface area (Å²) in [5, 5.41) is 0. The molecule has 2 N–H and O–H groups in total. The van der Waals surface area contributed by atoms with E-state index in [0.717, 1.165) is 0 Å². The molecule has 0 amide bonds. The van der Waals surface area contributed by atoms with Crippen molar-refractivity contribution in [3.05, 3.63) is 12.8 Å². The summed E-state index contributed by atoms with van der Waals surface area (Å²) >= 11 is 0. The minimum atomic E-state index is 1.34. The molecule has 0 atom stereocenters. The number of hydrogen-bond donors (Lipinski definition) is 2. The van der Waals surface area contributed by atoms with Gasteiger partial charge in [0.25, 0.3) is 0 Å². The maximum atomic E-state index is 4.15. The zero-order chi connectivity index (χ0) is 5.54. The molecule has 0 rings (SSSR count). The molecule has 0 aliphatic carbocycles. The molecule has 0 heterocycles. The second kappa shape index (κ2) is 5.42. The topological polar surface area (TPSA) is 42.5 Å². The van der Waals surface area contributed by atoms with E-state index in [4.69, 9.17) is 0 Å². The van der Waals surface area contributed by atoms with Crippen LogP contribution in [0.3, 0.4) is 0 Å². The lowest BCUT2D eigenvalue weighted by molar-refractivity contribution is -0.361. The van der Waals surface area contributed by atoms with Crippen molar-refractivity contribution in [2.75, 3.05) is 7.05 Å². The van der Waals surface area contributed by atoms with Crippen molar-refractivity contribution >= 4 is 0 Å². The average Bonchev–Trinajstić information content (AvgIpc) is 1.69. The summed E-state index contributed by atoms with van der Waals surface area (Å²) in [5.74, 6) is 0. The molecule has 0 saturated carbocycles. The molecule has 0 aliphatic heterocycles. The Morgan fingerprint density at radius 1 is 1.57 bits per heavy atom. The van der Waals surface area contributed by atoms with Gasteiger partial charge >= 0.3 is 0 Å². The van der Waals surface area contributed by atoms with Crippen LogP contribution in [0.4, 0.5) is 0 Å². The predicted octanol–water partition coefficient (Wildman–Crippen LogP) is -0.283. The highest BCUT2D eigenvalue weighted by Gasteiger charge is 1.70. The number of nitrogens with one attached hydrogen (secondary N) is 2. The van der Waals surface area contributed by atoms with Gasteiger partial charge in [-0.25, -0.2) is 5.48 Å². The van der Waals surface area contributed by atoms with Gasteiger partial charge < -0.3 is 0 Å². The van der Waals surface area contributed by atoms with E-state index in [1.165, 1.54) is 6.20 Å². The third kappa shape index (κ3) is 5.42. The van der Waals surface area contributed by atoms with Gasteiger partial charge in [0.1, 0.15) is 0 Å². The molecule has 0 aromatic carbocycles. The van der Waals surface area contributed by atoms with Crippen LogP contribution in [0.5, 0.6) is 0 Å². The molecule has 42 valence electrons. The summed E-state index contributed by atoms with van der Waals surface area (Å²) in [4.78, 5) is 8.29. The fraction of sp³-hybridized carbons (Fsp3) is 0.333. The Kier molecular flexibility index (Phi) is 4.97. The first-order valence-corrected chi connectivity index (χ1v) is 1.77. The van der Waals surface area contributed by atoms with Crippen LogP contribution in [0.25, 0.3) is 0 Å². The smallest absolute Gasteiger partial charge is 0.0201 e. The zero-order valence-corrected chi connectivity index (χ0v) is 4.10. The van der Waals surface area contributed by atoms with Gasteiger partial charge in [-0.05, 0) is 0 Å². The number of hydroxylamine groups is 2. The van der Waals surface area contributed by atoms with Crippen LogP contribution >= 0.6 is 0 Å². The van der Waals surface area contributed by atoms with E-state index in [9.17, 15) is 0 Å². The second-order valence-electron chi connectivity index (χ2n) is 0.693.